The Kier molecular flexibility index (Phi) is 7.12. The number of hydrogen-bond donors (Lipinski definition) is 1. The molecule has 0 spiro atoms. The van der Waals surface area contributed by atoms with Gasteiger partial charge in [-0.3, -0.25) is 9.79 Å². The summed E-state index contributed by atoms with van der Waals surface area (Å²) in [4.78, 5) is 26.7. The van der Waals surface area contributed by atoms with E-state index in [1.807, 2.05) is 47.4 Å². The van der Waals surface area contributed by atoms with Gasteiger partial charge in [-0.15, -0.1) is 0 Å². The fourth-order valence-electron chi connectivity index (χ4n) is 4.14. The minimum Gasteiger partial charge on any atom is -0.495 e. The van der Waals surface area contributed by atoms with Gasteiger partial charge in [-0.2, -0.15) is 0 Å². The monoisotopic (exact) mass is 449 g/mol. The molecule has 1 aromatic carbocycles. The molecular formula is C25H31N5O3. The van der Waals surface area contributed by atoms with E-state index in [2.05, 4.69) is 21.8 Å². The van der Waals surface area contributed by atoms with Crippen LogP contribution >= 0.6 is 0 Å². The Bertz CT molecular complexity index is 1020. The number of carbonyl (C=O) groups is 1. The highest BCUT2D eigenvalue weighted by atomic mass is 16.5. The molecular weight excluding hydrogens is 418 g/mol. The van der Waals surface area contributed by atoms with Crippen molar-refractivity contribution in [3.63, 3.8) is 0 Å². The summed E-state index contributed by atoms with van der Waals surface area (Å²) in [6, 6.07) is 13.5. The number of carbonyl (C=O) groups excluding carboxylic acids is 1. The van der Waals surface area contributed by atoms with Crippen molar-refractivity contribution in [1.29, 1.82) is 0 Å². The smallest absolute Gasteiger partial charge is 0.270 e. The Hall–Kier alpha value is -3.55. The second-order valence-corrected chi connectivity index (χ2v) is 8.22. The molecule has 4 rings (SSSR count). The zero-order valence-electron chi connectivity index (χ0n) is 19.2. The van der Waals surface area contributed by atoms with E-state index in [-0.39, 0.29) is 17.6 Å². The number of methoxy groups -OCH3 is 1. The van der Waals surface area contributed by atoms with E-state index < -0.39 is 0 Å². The van der Waals surface area contributed by atoms with Gasteiger partial charge in [0.15, 0.2) is 0 Å². The molecule has 8 nitrogen and oxygen atoms in total. The van der Waals surface area contributed by atoms with Crippen LogP contribution in [-0.2, 0) is 9.53 Å². The largest absolute Gasteiger partial charge is 0.495 e. The number of rotatable bonds is 5. The molecule has 1 fully saturated rings. The van der Waals surface area contributed by atoms with Crippen molar-refractivity contribution in [1.82, 2.24) is 9.88 Å². The van der Waals surface area contributed by atoms with Gasteiger partial charge in [-0.1, -0.05) is 30.3 Å². The first-order valence-electron chi connectivity index (χ1n) is 11.4. The molecule has 2 aromatic rings. The lowest BCUT2D eigenvalue weighted by molar-refractivity contribution is -0.128. The van der Waals surface area contributed by atoms with Crippen LogP contribution in [0.2, 0.25) is 0 Å². The predicted molar refractivity (Wildman–Crippen MR) is 129 cm³/mol. The third-order valence-electron chi connectivity index (χ3n) is 6.07. The van der Waals surface area contributed by atoms with E-state index in [1.165, 1.54) is 0 Å². The third kappa shape index (κ3) is 5.10. The Balaban J connectivity index is 1.59. The summed E-state index contributed by atoms with van der Waals surface area (Å²) in [5.41, 5.74) is 8.11. The van der Waals surface area contributed by atoms with Crippen LogP contribution in [0.3, 0.4) is 0 Å². The van der Waals surface area contributed by atoms with E-state index in [1.54, 1.807) is 13.3 Å². The number of aliphatic imine (C=N–C) groups is 1. The van der Waals surface area contributed by atoms with Crippen molar-refractivity contribution >= 4 is 23.2 Å². The summed E-state index contributed by atoms with van der Waals surface area (Å²) < 4.78 is 11.0. The van der Waals surface area contributed by atoms with Crippen molar-refractivity contribution in [2.45, 2.75) is 25.8 Å². The summed E-state index contributed by atoms with van der Waals surface area (Å²) in [5, 5.41) is 0. The lowest BCUT2D eigenvalue weighted by atomic mass is 10.0. The van der Waals surface area contributed by atoms with Crippen LogP contribution < -0.4 is 15.4 Å². The molecule has 3 heterocycles. The Morgan fingerprint density at radius 2 is 1.97 bits per heavy atom. The summed E-state index contributed by atoms with van der Waals surface area (Å²) >= 11 is 0. The molecule has 1 atom stereocenters. The van der Waals surface area contributed by atoms with Crippen LogP contribution in [0.4, 0.5) is 5.82 Å². The highest BCUT2D eigenvalue weighted by Crippen LogP contribution is 2.25. The highest BCUT2D eigenvalue weighted by Gasteiger charge is 2.30. The maximum absolute atomic E-state index is 13.6. The third-order valence-corrected chi connectivity index (χ3v) is 6.07. The number of ether oxygens (including phenoxy) is 2. The normalized spacial score (nSPS) is 19.7. The van der Waals surface area contributed by atoms with E-state index in [0.717, 1.165) is 36.5 Å². The molecule has 0 saturated carbocycles. The zero-order valence-corrected chi connectivity index (χ0v) is 19.2. The molecule has 1 amide bonds. The Labute approximate surface area is 194 Å². The van der Waals surface area contributed by atoms with Gasteiger partial charge in [0.2, 0.25) is 5.90 Å². The minimum absolute atomic E-state index is 0.0329. The summed E-state index contributed by atoms with van der Waals surface area (Å²) in [6.45, 7) is 5.31. The van der Waals surface area contributed by atoms with Gasteiger partial charge in [0.05, 0.1) is 25.5 Å². The lowest BCUT2D eigenvalue weighted by Crippen LogP contribution is -2.43. The standard InChI is InChI=1S/C25H31N5O3/c1-18-11-13-29(21-10-9-20(32-2)17-28-21)14-15-30(18)25(31)23(26)22(19-7-4-3-5-8-19)24-27-12-6-16-33-24/h3-5,7-10,17-18H,6,11-16,26H2,1-2H3/b23-22-/t18-/m1/s1. The van der Waals surface area contributed by atoms with Gasteiger partial charge in [0.25, 0.3) is 5.91 Å². The number of aromatic nitrogens is 1. The fraction of sp³-hybridized carbons (Fsp3) is 0.400. The number of hydrogen-bond acceptors (Lipinski definition) is 7. The molecule has 2 aliphatic heterocycles. The topological polar surface area (TPSA) is 93.3 Å². The second kappa shape index (κ2) is 10.4. The Morgan fingerprint density at radius 3 is 2.64 bits per heavy atom. The molecule has 1 aromatic heterocycles. The number of anilines is 1. The van der Waals surface area contributed by atoms with Gasteiger partial charge in [-0.05, 0) is 31.0 Å². The van der Waals surface area contributed by atoms with E-state index in [9.17, 15) is 4.79 Å². The maximum atomic E-state index is 13.6. The van der Waals surface area contributed by atoms with Crippen LogP contribution in [0.25, 0.3) is 5.57 Å². The average molecular weight is 450 g/mol. The van der Waals surface area contributed by atoms with Gasteiger partial charge in [-0.25, -0.2) is 4.98 Å². The lowest BCUT2D eigenvalue weighted by Gasteiger charge is -2.28. The summed E-state index contributed by atoms with van der Waals surface area (Å²) in [5.74, 6) is 1.85. The van der Waals surface area contributed by atoms with Crippen molar-refractivity contribution in [3.05, 3.63) is 59.9 Å². The number of pyridine rings is 1. The summed E-state index contributed by atoms with van der Waals surface area (Å²) in [6.07, 6.45) is 3.38. The quantitative estimate of drug-likeness (QED) is 0.706. The van der Waals surface area contributed by atoms with Crippen molar-refractivity contribution in [2.24, 2.45) is 10.7 Å². The number of amides is 1. The predicted octanol–water partition coefficient (Wildman–Crippen LogP) is 2.71. The molecule has 33 heavy (non-hydrogen) atoms. The molecule has 0 bridgehead atoms. The van der Waals surface area contributed by atoms with Crippen LogP contribution in [0.1, 0.15) is 25.3 Å². The molecule has 8 heteroatoms. The minimum atomic E-state index is -0.192. The molecule has 174 valence electrons. The molecule has 0 radical (unpaired) electrons. The first kappa shape index (κ1) is 22.6. The van der Waals surface area contributed by atoms with Crippen LogP contribution in [0.15, 0.2) is 59.4 Å². The van der Waals surface area contributed by atoms with Crippen molar-refractivity contribution < 1.29 is 14.3 Å². The average Bonchev–Trinajstić information content (AvgIpc) is 3.06. The highest BCUT2D eigenvalue weighted by molar-refractivity contribution is 6.25. The van der Waals surface area contributed by atoms with Gasteiger partial charge >= 0.3 is 0 Å². The van der Waals surface area contributed by atoms with E-state index in [0.29, 0.717) is 37.7 Å². The second-order valence-electron chi connectivity index (χ2n) is 8.22. The Morgan fingerprint density at radius 1 is 1.15 bits per heavy atom. The SMILES string of the molecule is COc1ccc(N2CC[C@@H](C)N(C(=O)/C(N)=C(/C3=NCCCO3)c3ccccc3)CC2)nc1. The fourth-order valence-corrected chi connectivity index (χ4v) is 4.14. The maximum Gasteiger partial charge on any atom is 0.270 e. The molecule has 2 N–H and O–H groups in total. The number of nitrogens with two attached hydrogens (primary N) is 1. The molecule has 2 aliphatic rings. The molecule has 0 unspecified atom stereocenters. The van der Waals surface area contributed by atoms with Crippen LogP contribution in [-0.4, -0.2) is 67.6 Å². The van der Waals surface area contributed by atoms with Crippen LogP contribution in [0, 0.1) is 0 Å². The van der Waals surface area contributed by atoms with Crippen molar-refractivity contribution in [3.8, 4) is 5.75 Å². The van der Waals surface area contributed by atoms with Crippen LogP contribution in [0.5, 0.6) is 5.75 Å². The van der Waals surface area contributed by atoms with Gasteiger partial charge in [0, 0.05) is 38.6 Å². The number of nitrogens with zero attached hydrogens (tertiary/aromatic N) is 4. The molecule has 1 saturated heterocycles. The van der Waals surface area contributed by atoms with E-state index >= 15 is 0 Å². The summed E-state index contributed by atoms with van der Waals surface area (Å²) in [7, 11) is 1.62. The zero-order chi connectivity index (χ0) is 23.2. The van der Waals surface area contributed by atoms with Gasteiger partial charge < -0.3 is 25.0 Å². The van der Waals surface area contributed by atoms with Crippen molar-refractivity contribution in [2.75, 3.05) is 44.8 Å². The number of benzene rings is 1. The van der Waals surface area contributed by atoms with Gasteiger partial charge in [0.1, 0.15) is 17.3 Å². The van der Waals surface area contributed by atoms with E-state index in [4.69, 9.17) is 15.2 Å². The molecule has 0 aliphatic carbocycles. The first-order valence-corrected chi connectivity index (χ1v) is 11.4. The first-order chi connectivity index (χ1) is 16.1.